The van der Waals surface area contributed by atoms with Crippen molar-refractivity contribution in [3.63, 3.8) is 0 Å². The van der Waals surface area contributed by atoms with Crippen molar-refractivity contribution in [2.75, 3.05) is 26.2 Å². The number of likely N-dealkylation sites (N-methyl/N-ethyl adjacent to an activating group) is 1. The summed E-state index contributed by atoms with van der Waals surface area (Å²) in [4.78, 5) is 14.2. The molecule has 0 fully saturated rings. The van der Waals surface area contributed by atoms with Gasteiger partial charge in [-0.2, -0.15) is 0 Å². The van der Waals surface area contributed by atoms with Crippen LogP contribution < -0.4 is 10.0 Å². The largest absolute Gasteiger partial charge is 0.355 e. The molecule has 6 nitrogen and oxygen atoms in total. The minimum absolute atomic E-state index is 0.0718. The van der Waals surface area contributed by atoms with Gasteiger partial charge in [0.25, 0.3) is 0 Å². The number of hydrogen-bond donors (Lipinski definition) is 2. The van der Waals surface area contributed by atoms with E-state index in [9.17, 15) is 13.2 Å². The van der Waals surface area contributed by atoms with Gasteiger partial charge in [-0.3, -0.25) is 9.69 Å². The minimum Gasteiger partial charge on any atom is -0.355 e. The number of amides is 1. The van der Waals surface area contributed by atoms with Crippen molar-refractivity contribution in [2.45, 2.75) is 38.1 Å². The highest BCUT2D eigenvalue weighted by atomic mass is 79.9. The third-order valence-electron chi connectivity index (χ3n) is 3.61. The smallest absolute Gasteiger partial charge is 0.240 e. The fourth-order valence-corrected chi connectivity index (χ4v) is 3.85. The third-order valence-corrected chi connectivity index (χ3v) is 5.56. The standard InChI is InChI=1S/C16H26BrN3O3S/c1-4-20(13(2)3)11-10-18-16(21)8-9-19-24(22,23)15-7-5-6-14(17)12-15/h5-7,12-13,19H,4,8-11H2,1-3H3,(H,18,21). The number of carbonyl (C=O) groups is 1. The van der Waals surface area contributed by atoms with Gasteiger partial charge in [0.15, 0.2) is 0 Å². The molecule has 0 aliphatic rings. The Hall–Kier alpha value is -0.960. The maximum absolute atomic E-state index is 12.1. The first-order valence-corrected chi connectivity index (χ1v) is 10.3. The minimum atomic E-state index is -3.60. The van der Waals surface area contributed by atoms with Crippen LogP contribution >= 0.6 is 15.9 Å². The highest BCUT2D eigenvalue weighted by Crippen LogP contribution is 2.15. The Kier molecular flexibility index (Phi) is 8.90. The molecule has 0 saturated heterocycles. The fraction of sp³-hybridized carbons (Fsp3) is 0.562. The van der Waals surface area contributed by atoms with Crippen molar-refractivity contribution in [3.05, 3.63) is 28.7 Å². The third kappa shape index (κ3) is 7.29. The van der Waals surface area contributed by atoms with Gasteiger partial charge in [0, 0.05) is 36.6 Å². The Bertz CT molecular complexity index is 635. The van der Waals surface area contributed by atoms with Gasteiger partial charge in [-0.15, -0.1) is 0 Å². The molecular formula is C16H26BrN3O3S. The molecule has 0 aliphatic heterocycles. The van der Waals surface area contributed by atoms with Gasteiger partial charge in [0.2, 0.25) is 15.9 Å². The van der Waals surface area contributed by atoms with Crippen LogP contribution in [0.15, 0.2) is 33.6 Å². The number of nitrogens with one attached hydrogen (secondary N) is 2. The van der Waals surface area contributed by atoms with E-state index in [2.05, 4.69) is 51.6 Å². The van der Waals surface area contributed by atoms with Crippen molar-refractivity contribution in [1.82, 2.24) is 14.9 Å². The summed E-state index contributed by atoms with van der Waals surface area (Å²) >= 11 is 3.24. The van der Waals surface area contributed by atoms with Crippen LogP contribution in [0.25, 0.3) is 0 Å². The maximum atomic E-state index is 12.1. The van der Waals surface area contributed by atoms with Crippen LogP contribution in [0.1, 0.15) is 27.2 Å². The van der Waals surface area contributed by atoms with Crippen molar-refractivity contribution < 1.29 is 13.2 Å². The zero-order valence-electron chi connectivity index (χ0n) is 14.4. The number of halogens is 1. The molecule has 0 atom stereocenters. The van der Waals surface area contributed by atoms with E-state index in [0.29, 0.717) is 17.1 Å². The summed E-state index contributed by atoms with van der Waals surface area (Å²) in [5.41, 5.74) is 0. The van der Waals surface area contributed by atoms with Crippen LogP contribution in [-0.4, -0.2) is 51.4 Å². The van der Waals surface area contributed by atoms with Gasteiger partial charge >= 0.3 is 0 Å². The second-order valence-electron chi connectivity index (χ2n) is 5.68. The molecule has 0 spiro atoms. The van der Waals surface area contributed by atoms with E-state index < -0.39 is 10.0 Å². The van der Waals surface area contributed by atoms with E-state index >= 15 is 0 Å². The molecule has 1 amide bonds. The lowest BCUT2D eigenvalue weighted by atomic mass is 10.3. The molecule has 2 N–H and O–H groups in total. The van der Waals surface area contributed by atoms with E-state index in [4.69, 9.17) is 0 Å². The van der Waals surface area contributed by atoms with Crippen molar-refractivity contribution in [1.29, 1.82) is 0 Å². The zero-order chi connectivity index (χ0) is 18.2. The van der Waals surface area contributed by atoms with E-state index in [0.717, 1.165) is 13.1 Å². The van der Waals surface area contributed by atoms with Gasteiger partial charge in [0.05, 0.1) is 4.90 Å². The number of rotatable bonds is 10. The highest BCUT2D eigenvalue weighted by molar-refractivity contribution is 9.10. The highest BCUT2D eigenvalue weighted by Gasteiger charge is 2.14. The van der Waals surface area contributed by atoms with Crippen LogP contribution in [0.3, 0.4) is 0 Å². The van der Waals surface area contributed by atoms with Gasteiger partial charge < -0.3 is 5.32 Å². The first-order chi connectivity index (χ1) is 11.3. The first-order valence-electron chi connectivity index (χ1n) is 8.02. The van der Waals surface area contributed by atoms with Crippen LogP contribution in [0.4, 0.5) is 0 Å². The Morgan fingerprint density at radius 2 is 2.00 bits per heavy atom. The SMILES string of the molecule is CCN(CCNC(=O)CCNS(=O)(=O)c1cccc(Br)c1)C(C)C. The van der Waals surface area contributed by atoms with E-state index in [1.807, 2.05) is 0 Å². The lowest BCUT2D eigenvalue weighted by molar-refractivity contribution is -0.121. The molecule has 1 aromatic carbocycles. The molecule has 136 valence electrons. The Morgan fingerprint density at radius 3 is 2.58 bits per heavy atom. The molecule has 0 saturated carbocycles. The average molecular weight is 420 g/mol. The zero-order valence-corrected chi connectivity index (χ0v) is 16.8. The number of nitrogens with zero attached hydrogens (tertiary/aromatic N) is 1. The number of carbonyl (C=O) groups excluding carboxylic acids is 1. The lowest BCUT2D eigenvalue weighted by Crippen LogP contribution is -2.39. The summed E-state index contributed by atoms with van der Waals surface area (Å²) in [6, 6.07) is 6.87. The molecule has 0 heterocycles. The number of hydrogen-bond acceptors (Lipinski definition) is 4. The predicted molar refractivity (Wildman–Crippen MR) is 99.3 cm³/mol. The van der Waals surface area contributed by atoms with Gasteiger partial charge in [-0.1, -0.05) is 28.9 Å². The Labute approximate surface area is 153 Å². The van der Waals surface area contributed by atoms with Gasteiger partial charge in [-0.25, -0.2) is 13.1 Å². The maximum Gasteiger partial charge on any atom is 0.240 e. The van der Waals surface area contributed by atoms with Crippen LogP contribution in [0.5, 0.6) is 0 Å². The number of benzene rings is 1. The van der Waals surface area contributed by atoms with Gasteiger partial charge in [0.1, 0.15) is 0 Å². The second-order valence-corrected chi connectivity index (χ2v) is 8.36. The quantitative estimate of drug-likeness (QED) is 0.607. The molecule has 0 bridgehead atoms. The summed E-state index contributed by atoms with van der Waals surface area (Å²) in [5.74, 6) is -0.160. The molecular weight excluding hydrogens is 394 g/mol. The molecule has 0 aromatic heterocycles. The molecule has 1 rings (SSSR count). The fourth-order valence-electron chi connectivity index (χ4n) is 2.23. The molecule has 0 unspecified atom stereocenters. The second kappa shape index (κ2) is 10.1. The topological polar surface area (TPSA) is 78.5 Å². The summed E-state index contributed by atoms with van der Waals surface area (Å²) in [6.45, 7) is 8.65. The summed E-state index contributed by atoms with van der Waals surface area (Å²) in [7, 11) is -3.60. The summed E-state index contributed by atoms with van der Waals surface area (Å²) < 4.78 is 27.4. The van der Waals surface area contributed by atoms with E-state index in [-0.39, 0.29) is 23.8 Å². The predicted octanol–water partition coefficient (Wildman–Crippen LogP) is 1.96. The van der Waals surface area contributed by atoms with Gasteiger partial charge in [-0.05, 0) is 38.6 Å². The van der Waals surface area contributed by atoms with E-state index in [1.165, 1.54) is 12.1 Å². The lowest BCUT2D eigenvalue weighted by Gasteiger charge is -2.24. The monoisotopic (exact) mass is 419 g/mol. The van der Waals surface area contributed by atoms with Crippen molar-refractivity contribution in [3.8, 4) is 0 Å². The molecule has 24 heavy (non-hydrogen) atoms. The average Bonchev–Trinajstić information content (AvgIpc) is 2.51. The van der Waals surface area contributed by atoms with Crippen LogP contribution in [0, 0.1) is 0 Å². The van der Waals surface area contributed by atoms with Crippen molar-refractivity contribution in [2.24, 2.45) is 0 Å². The van der Waals surface area contributed by atoms with Crippen molar-refractivity contribution >= 4 is 31.9 Å². The number of sulfonamides is 1. The Morgan fingerprint density at radius 1 is 1.29 bits per heavy atom. The van der Waals surface area contributed by atoms with Crippen LogP contribution in [0.2, 0.25) is 0 Å². The molecule has 0 aliphatic carbocycles. The van der Waals surface area contributed by atoms with E-state index in [1.54, 1.807) is 12.1 Å². The molecule has 8 heteroatoms. The first kappa shape index (κ1) is 21.1. The molecule has 1 aromatic rings. The summed E-state index contributed by atoms with van der Waals surface area (Å²) in [6.07, 6.45) is 0.112. The molecule has 0 radical (unpaired) electrons. The van der Waals surface area contributed by atoms with Crippen LogP contribution in [-0.2, 0) is 14.8 Å². The normalized spacial score (nSPS) is 11.9. The Balaban J connectivity index is 2.35. The summed E-state index contributed by atoms with van der Waals surface area (Å²) in [5, 5.41) is 2.81.